The van der Waals surface area contributed by atoms with Crippen molar-refractivity contribution in [2.75, 3.05) is 0 Å². The summed E-state index contributed by atoms with van der Waals surface area (Å²) >= 11 is 0. The maximum Gasteiger partial charge on any atom is 0.143 e. The molecule has 3 aromatic heterocycles. The Hall–Kier alpha value is -4.21. The number of hydrogen-bond acceptors (Lipinski definition) is 4. The number of fused-ring (bicyclic) bond motifs is 4. The van der Waals surface area contributed by atoms with Gasteiger partial charge in [-0.2, -0.15) is 0 Å². The molecule has 0 fully saturated rings. The SMILES string of the molecule is Cn1ccnc1-c1cccc(CCc2nc(-c3[c-]ccc4c3oc3ccccc34)cc3ccccc23)c1O.[Pt]. The molecule has 0 saturated carbocycles. The van der Waals surface area contributed by atoms with Gasteiger partial charge in [0.05, 0.1) is 11.1 Å². The Morgan fingerprint density at radius 2 is 1.72 bits per heavy atom. The van der Waals surface area contributed by atoms with Crippen LogP contribution in [0.25, 0.3) is 55.4 Å². The number of phenols is 1. The zero-order valence-corrected chi connectivity index (χ0v) is 23.4. The molecule has 7 aromatic rings. The van der Waals surface area contributed by atoms with Gasteiger partial charge in [-0.05, 0) is 41.6 Å². The Bertz CT molecular complexity index is 1970. The van der Waals surface area contributed by atoms with Gasteiger partial charge in [0.2, 0.25) is 0 Å². The number of imidazole rings is 1. The van der Waals surface area contributed by atoms with Crippen LogP contribution in [-0.4, -0.2) is 19.6 Å². The van der Waals surface area contributed by atoms with Gasteiger partial charge < -0.3 is 19.1 Å². The molecule has 0 unspecified atom stereocenters. The molecule has 0 aliphatic carbocycles. The van der Waals surface area contributed by atoms with Crippen LogP contribution in [0, 0.1) is 6.07 Å². The number of phenolic OH excluding ortho intramolecular Hbond substituents is 1. The Balaban J connectivity index is 0.00000277. The first-order valence-corrected chi connectivity index (χ1v) is 12.7. The van der Waals surface area contributed by atoms with Gasteiger partial charge in [-0.15, -0.1) is 18.2 Å². The third-order valence-corrected chi connectivity index (χ3v) is 7.23. The number of benzene rings is 4. The molecule has 39 heavy (non-hydrogen) atoms. The molecule has 7 rings (SSSR count). The first-order chi connectivity index (χ1) is 18.7. The number of pyridine rings is 1. The predicted molar refractivity (Wildman–Crippen MR) is 151 cm³/mol. The molecule has 0 bridgehead atoms. The fourth-order valence-corrected chi connectivity index (χ4v) is 5.32. The van der Waals surface area contributed by atoms with Gasteiger partial charge in [-0.25, -0.2) is 4.98 Å². The van der Waals surface area contributed by atoms with E-state index in [0.717, 1.165) is 66.6 Å². The minimum Gasteiger partial charge on any atom is -0.507 e. The molecule has 0 atom stereocenters. The monoisotopic (exact) mass is 689 g/mol. The number of para-hydroxylation sites is 2. The summed E-state index contributed by atoms with van der Waals surface area (Å²) in [7, 11) is 1.93. The second-order valence-corrected chi connectivity index (χ2v) is 9.54. The van der Waals surface area contributed by atoms with Crippen molar-refractivity contribution in [2.24, 2.45) is 7.05 Å². The minimum atomic E-state index is 0. The van der Waals surface area contributed by atoms with Gasteiger partial charge in [-0.1, -0.05) is 71.6 Å². The number of nitrogens with zero attached hydrogens (tertiary/aromatic N) is 3. The third kappa shape index (κ3) is 4.33. The summed E-state index contributed by atoms with van der Waals surface area (Å²) in [6, 6.07) is 31.7. The smallest absolute Gasteiger partial charge is 0.143 e. The van der Waals surface area contributed by atoms with Crippen LogP contribution in [0.4, 0.5) is 0 Å². The zero-order chi connectivity index (χ0) is 25.6. The van der Waals surface area contributed by atoms with Crippen LogP contribution in [0.5, 0.6) is 5.75 Å². The van der Waals surface area contributed by atoms with Gasteiger partial charge in [-0.3, -0.25) is 0 Å². The summed E-state index contributed by atoms with van der Waals surface area (Å²) in [5, 5.41) is 15.5. The van der Waals surface area contributed by atoms with Crippen LogP contribution >= 0.6 is 0 Å². The topological polar surface area (TPSA) is 64.1 Å². The third-order valence-electron chi connectivity index (χ3n) is 7.23. The molecular formula is C33H24N3O2Pt-. The second kappa shape index (κ2) is 10.2. The average molecular weight is 690 g/mol. The number of furan rings is 1. The van der Waals surface area contributed by atoms with Crippen molar-refractivity contribution in [3.05, 3.63) is 115 Å². The van der Waals surface area contributed by atoms with E-state index >= 15 is 0 Å². The van der Waals surface area contributed by atoms with Crippen molar-refractivity contribution in [2.45, 2.75) is 12.8 Å². The van der Waals surface area contributed by atoms with E-state index in [0.29, 0.717) is 12.8 Å². The van der Waals surface area contributed by atoms with Crippen molar-refractivity contribution in [1.29, 1.82) is 0 Å². The van der Waals surface area contributed by atoms with Gasteiger partial charge in [0.15, 0.2) is 0 Å². The summed E-state index contributed by atoms with van der Waals surface area (Å²) in [6.07, 6.45) is 4.93. The maximum atomic E-state index is 11.1. The molecule has 0 amide bonds. The summed E-state index contributed by atoms with van der Waals surface area (Å²) in [5.41, 5.74) is 5.90. The molecule has 5 nitrogen and oxygen atoms in total. The molecular weight excluding hydrogens is 665 g/mol. The molecule has 0 aliphatic heterocycles. The molecule has 6 heteroatoms. The zero-order valence-electron chi connectivity index (χ0n) is 21.2. The summed E-state index contributed by atoms with van der Waals surface area (Å²) in [4.78, 5) is 9.54. The predicted octanol–water partition coefficient (Wildman–Crippen LogP) is 7.49. The molecule has 0 aliphatic rings. The molecule has 0 radical (unpaired) electrons. The maximum absolute atomic E-state index is 11.1. The van der Waals surface area contributed by atoms with Crippen LogP contribution in [0.1, 0.15) is 11.3 Å². The average Bonchev–Trinajstić information content (AvgIpc) is 3.55. The van der Waals surface area contributed by atoms with Gasteiger partial charge in [0.25, 0.3) is 0 Å². The first-order valence-electron chi connectivity index (χ1n) is 12.7. The number of hydrogen-bond donors (Lipinski definition) is 1. The van der Waals surface area contributed by atoms with E-state index < -0.39 is 0 Å². The Labute approximate surface area is 240 Å². The van der Waals surface area contributed by atoms with Crippen molar-refractivity contribution >= 4 is 32.7 Å². The fourth-order valence-electron chi connectivity index (χ4n) is 5.32. The van der Waals surface area contributed by atoms with Gasteiger partial charge in [0, 0.05) is 57.0 Å². The molecule has 3 heterocycles. The Kier molecular flexibility index (Phi) is 6.54. The fraction of sp³-hybridized carbons (Fsp3) is 0.0909. The Morgan fingerprint density at radius 3 is 2.56 bits per heavy atom. The summed E-state index contributed by atoms with van der Waals surface area (Å²) in [6.45, 7) is 0. The van der Waals surface area contributed by atoms with Gasteiger partial charge in [0.1, 0.15) is 17.2 Å². The first kappa shape index (κ1) is 25.1. The van der Waals surface area contributed by atoms with E-state index in [1.54, 1.807) is 6.20 Å². The van der Waals surface area contributed by atoms with Crippen molar-refractivity contribution < 1.29 is 30.6 Å². The van der Waals surface area contributed by atoms with E-state index in [1.165, 1.54) is 0 Å². The molecule has 4 aromatic carbocycles. The Morgan fingerprint density at radius 1 is 0.897 bits per heavy atom. The van der Waals surface area contributed by atoms with E-state index in [1.807, 2.05) is 78.5 Å². The summed E-state index contributed by atoms with van der Waals surface area (Å²) < 4.78 is 8.19. The minimum absolute atomic E-state index is 0. The number of aromatic hydroxyl groups is 1. The van der Waals surface area contributed by atoms with Crippen LogP contribution in [-0.2, 0) is 41.0 Å². The second-order valence-electron chi connectivity index (χ2n) is 9.54. The molecule has 1 N–H and O–H groups in total. The number of aryl methyl sites for hydroxylation is 3. The van der Waals surface area contributed by atoms with E-state index in [9.17, 15) is 5.11 Å². The van der Waals surface area contributed by atoms with Crippen molar-refractivity contribution in [1.82, 2.24) is 14.5 Å². The normalized spacial score (nSPS) is 11.3. The van der Waals surface area contributed by atoms with Crippen LogP contribution in [0.15, 0.2) is 102 Å². The van der Waals surface area contributed by atoms with E-state index in [2.05, 4.69) is 35.3 Å². The van der Waals surface area contributed by atoms with Crippen LogP contribution in [0.2, 0.25) is 0 Å². The summed E-state index contributed by atoms with van der Waals surface area (Å²) in [5.74, 6) is 1.01. The number of rotatable bonds is 5. The van der Waals surface area contributed by atoms with E-state index in [-0.39, 0.29) is 26.8 Å². The quantitative estimate of drug-likeness (QED) is 0.190. The van der Waals surface area contributed by atoms with Crippen molar-refractivity contribution in [3.63, 3.8) is 0 Å². The van der Waals surface area contributed by atoms with Crippen LogP contribution in [0.3, 0.4) is 0 Å². The van der Waals surface area contributed by atoms with Crippen LogP contribution < -0.4 is 0 Å². The molecule has 0 spiro atoms. The largest absolute Gasteiger partial charge is 0.507 e. The van der Waals surface area contributed by atoms with Gasteiger partial charge >= 0.3 is 0 Å². The number of aromatic nitrogens is 3. The molecule has 0 saturated heterocycles. The molecule has 194 valence electrons. The van der Waals surface area contributed by atoms with E-state index in [4.69, 9.17) is 9.40 Å². The standard InChI is InChI=1S/C33H24N3O2.Pt/c1-36-19-18-34-33(36)27-14-6-9-21(31(27)37)16-17-28-23-10-3-2-8-22(23)20-29(35-28)26-13-7-12-25-24-11-4-5-15-30(24)38-32(25)26;/h2-12,14-15,18-20,37H,16-17H2,1H3;/q-1;. The van der Waals surface area contributed by atoms with Crippen molar-refractivity contribution in [3.8, 4) is 28.4 Å².